The van der Waals surface area contributed by atoms with Crippen LogP contribution in [0, 0.1) is 5.92 Å². The second-order valence-electron chi connectivity index (χ2n) is 13.2. The summed E-state index contributed by atoms with van der Waals surface area (Å²) in [7, 11) is -6.03. The van der Waals surface area contributed by atoms with Crippen LogP contribution in [0.4, 0.5) is 0 Å². The molecule has 1 aliphatic rings. The summed E-state index contributed by atoms with van der Waals surface area (Å²) in [5, 5.41) is 6.10. The smallest absolute Gasteiger partial charge is 0.265 e. The lowest BCUT2D eigenvalue weighted by molar-refractivity contribution is -0.0365. The fourth-order valence-electron chi connectivity index (χ4n) is 4.84. The number of benzene rings is 1. The summed E-state index contributed by atoms with van der Waals surface area (Å²) < 4.78 is 57.7. The van der Waals surface area contributed by atoms with Crippen LogP contribution in [-0.4, -0.2) is 67.7 Å². The average molecular weight is 634 g/mol. The highest BCUT2D eigenvalue weighted by Crippen LogP contribution is 2.40. The van der Waals surface area contributed by atoms with E-state index in [-0.39, 0.29) is 29.0 Å². The lowest BCUT2D eigenvalue weighted by Gasteiger charge is -2.36. The Morgan fingerprint density at radius 1 is 1.14 bits per heavy atom. The zero-order chi connectivity index (χ0) is 31.4. The molecule has 238 valence electrons. The van der Waals surface area contributed by atoms with Crippen molar-refractivity contribution >= 4 is 29.3 Å². The van der Waals surface area contributed by atoms with Gasteiger partial charge in [0.05, 0.1) is 24.1 Å². The molecule has 1 saturated heterocycles. The van der Waals surface area contributed by atoms with Crippen LogP contribution in [-0.2, 0) is 19.6 Å². The standard InChI is InChI=1S/C31H47N3O7SSi/c1-22(21-42(35,36)37)13-15-38-20-23(2)40-26-16-24(18-32-19-26)30-27-17-25(41-43(6,7)31(3,4)5)11-12-28(27)34(33-30)29-10-8-9-14-39-29/h11-12,16-19,22-23,29H,8-10,13-15,20-21H2,1-7H3,(H,35,36,37)/t22-,23-,29?/m0/s1. The molecule has 1 aromatic carbocycles. The second-order valence-corrected chi connectivity index (χ2v) is 19.4. The molecule has 0 bridgehead atoms. The van der Waals surface area contributed by atoms with Gasteiger partial charge in [0, 0.05) is 30.4 Å². The van der Waals surface area contributed by atoms with E-state index in [2.05, 4.69) is 51.0 Å². The molecule has 3 heterocycles. The van der Waals surface area contributed by atoms with E-state index in [9.17, 15) is 8.42 Å². The van der Waals surface area contributed by atoms with Gasteiger partial charge in [-0.05, 0) is 80.9 Å². The van der Waals surface area contributed by atoms with Crippen molar-refractivity contribution < 1.29 is 31.6 Å². The van der Waals surface area contributed by atoms with Crippen molar-refractivity contribution in [1.29, 1.82) is 0 Å². The summed E-state index contributed by atoms with van der Waals surface area (Å²) in [5.41, 5.74) is 2.61. The van der Waals surface area contributed by atoms with Gasteiger partial charge in [0.1, 0.15) is 23.3 Å². The SMILES string of the molecule is C[C@@H](CCOC[C@H](C)Oc1cncc(-c2nn(C3CCCCO3)c3ccc(O[Si](C)(C)C(C)(C)C)cc23)c1)CS(=O)(=O)O. The number of rotatable bonds is 13. The maximum atomic E-state index is 11.0. The lowest BCUT2D eigenvalue weighted by atomic mass is 10.1. The van der Waals surface area contributed by atoms with Crippen LogP contribution in [0.3, 0.4) is 0 Å². The third-order valence-electron chi connectivity index (χ3n) is 8.21. The molecular weight excluding hydrogens is 587 g/mol. The van der Waals surface area contributed by atoms with Crippen molar-refractivity contribution in [3.8, 4) is 22.8 Å². The van der Waals surface area contributed by atoms with E-state index in [0.29, 0.717) is 25.4 Å². The van der Waals surface area contributed by atoms with Gasteiger partial charge in [-0.15, -0.1) is 0 Å². The van der Waals surface area contributed by atoms with Gasteiger partial charge in [0.25, 0.3) is 10.1 Å². The number of pyridine rings is 1. The highest BCUT2D eigenvalue weighted by molar-refractivity contribution is 7.85. The zero-order valence-corrected chi connectivity index (χ0v) is 28.3. The predicted molar refractivity (Wildman–Crippen MR) is 171 cm³/mol. The van der Waals surface area contributed by atoms with Gasteiger partial charge in [0.15, 0.2) is 6.23 Å². The molecule has 0 radical (unpaired) electrons. The van der Waals surface area contributed by atoms with Crippen molar-refractivity contribution in [1.82, 2.24) is 14.8 Å². The molecule has 2 aromatic heterocycles. The van der Waals surface area contributed by atoms with Crippen molar-refractivity contribution in [3.05, 3.63) is 36.7 Å². The van der Waals surface area contributed by atoms with Gasteiger partial charge in [-0.25, -0.2) is 4.68 Å². The highest BCUT2D eigenvalue weighted by atomic mass is 32.2. The monoisotopic (exact) mass is 633 g/mol. The van der Waals surface area contributed by atoms with E-state index < -0.39 is 18.4 Å². The molecule has 43 heavy (non-hydrogen) atoms. The van der Waals surface area contributed by atoms with Crippen LogP contribution in [0.15, 0.2) is 36.7 Å². The summed E-state index contributed by atoms with van der Waals surface area (Å²) >= 11 is 0. The first kappa shape index (κ1) is 33.4. The molecule has 0 saturated carbocycles. The van der Waals surface area contributed by atoms with E-state index in [4.69, 9.17) is 28.3 Å². The van der Waals surface area contributed by atoms with E-state index in [0.717, 1.165) is 53.8 Å². The number of hydrogen-bond donors (Lipinski definition) is 1. The Morgan fingerprint density at radius 3 is 2.58 bits per heavy atom. The van der Waals surface area contributed by atoms with Crippen LogP contribution in [0.1, 0.15) is 66.5 Å². The number of aromatic nitrogens is 3. The molecule has 1 aliphatic heterocycles. The van der Waals surface area contributed by atoms with E-state index >= 15 is 0 Å². The van der Waals surface area contributed by atoms with Crippen molar-refractivity contribution in [2.24, 2.45) is 5.92 Å². The number of hydrogen-bond acceptors (Lipinski definition) is 8. The van der Waals surface area contributed by atoms with E-state index in [1.165, 1.54) is 0 Å². The first-order valence-corrected chi connectivity index (χ1v) is 19.6. The number of fused-ring (bicyclic) bond motifs is 1. The number of ether oxygens (including phenoxy) is 3. The van der Waals surface area contributed by atoms with E-state index in [1.54, 1.807) is 19.3 Å². The molecule has 10 nitrogen and oxygen atoms in total. The quantitative estimate of drug-likeness (QED) is 0.122. The Balaban J connectivity index is 1.54. The summed E-state index contributed by atoms with van der Waals surface area (Å²) in [5.74, 6) is 0.955. The Hall–Kier alpha value is -2.51. The van der Waals surface area contributed by atoms with Crippen LogP contribution in [0.25, 0.3) is 22.2 Å². The highest BCUT2D eigenvalue weighted by Gasteiger charge is 2.39. The molecule has 4 rings (SSSR count). The molecule has 0 amide bonds. The van der Waals surface area contributed by atoms with E-state index in [1.807, 2.05) is 23.7 Å². The minimum Gasteiger partial charge on any atom is -0.543 e. The molecule has 0 spiro atoms. The predicted octanol–water partition coefficient (Wildman–Crippen LogP) is 6.88. The minimum atomic E-state index is -3.99. The molecule has 1 fully saturated rings. The normalized spacial score (nSPS) is 18.0. The van der Waals surface area contributed by atoms with Gasteiger partial charge in [-0.1, -0.05) is 27.7 Å². The molecular formula is C31H47N3O7SSi. The topological polar surface area (TPSA) is 122 Å². The maximum absolute atomic E-state index is 11.0. The molecule has 0 aliphatic carbocycles. The molecule has 12 heteroatoms. The fourth-order valence-corrected chi connectivity index (χ4v) is 6.74. The Labute approximate surface area is 257 Å². The zero-order valence-electron chi connectivity index (χ0n) is 26.5. The largest absolute Gasteiger partial charge is 0.543 e. The van der Waals surface area contributed by atoms with Gasteiger partial charge < -0.3 is 18.6 Å². The molecule has 3 atom stereocenters. The third-order valence-corrected chi connectivity index (χ3v) is 13.6. The lowest BCUT2D eigenvalue weighted by Crippen LogP contribution is -2.43. The minimum absolute atomic E-state index is 0.0687. The first-order valence-electron chi connectivity index (χ1n) is 15.1. The van der Waals surface area contributed by atoms with Crippen molar-refractivity contribution in [2.75, 3.05) is 25.6 Å². The molecule has 1 N–H and O–H groups in total. The molecule has 1 unspecified atom stereocenters. The van der Waals surface area contributed by atoms with Gasteiger partial charge in [-0.3, -0.25) is 9.54 Å². The summed E-state index contributed by atoms with van der Waals surface area (Å²) in [6.45, 7) is 16.3. The summed E-state index contributed by atoms with van der Waals surface area (Å²) in [6, 6.07) is 8.14. The van der Waals surface area contributed by atoms with Gasteiger partial charge in [-0.2, -0.15) is 13.5 Å². The maximum Gasteiger partial charge on any atom is 0.265 e. The Bertz CT molecular complexity index is 1480. The average Bonchev–Trinajstić information content (AvgIpc) is 3.29. The number of nitrogens with zero attached hydrogens (tertiary/aromatic N) is 3. The van der Waals surface area contributed by atoms with Gasteiger partial charge in [0.2, 0.25) is 8.32 Å². The fraction of sp³-hybridized carbons (Fsp3) is 0.613. The van der Waals surface area contributed by atoms with Gasteiger partial charge >= 0.3 is 0 Å². The Morgan fingerprint density at radius 2 is 1.91 bits per heavy atom. The van der Waals surface area contributed by atoms with Crippen molar-refractivity contribution in [3.63, 3.8) is 0 Å². The third kappa shape index (κ3) is 9.01. The molecule has 3 aromatic rings. The van der Waals surface area contributed by atoms with Crippen LogP contribution < -0.4 is 9.16 Å². The van der Waals surface area contributed by atoms with Crippen LogP contribution in [0.5, 0.6) is 11.5 Å². The van der Waals surface area contributed by atoms with Crippen LogP contribution in [0.2, 0.25) is 18.1 Å². The second kappa shape index (κ2) is 13.6. The summed E-state index contributed by atoms with van der Waals surface area (Å²) in [4.78, 5) is 4.46. The van der Waals surface area contributed by atoms with Crippen molar-refractivity contribution in [2.45, 2.75) is 90.8 Å². The first-order chi connectivity index (χ1) is 20.1. The Kier molecular flexibility index (Phi) is 10.6. The van der Waals surface area contributed by atoms with Crippen LogP contribution >= 0.6 is 0 Å². The summed E-state index contributed by atoms with van der Waals surface area (Å²) in [6.07, 6.45) is 6.66.